The number of nitrogen functional groups attached to an aromatic ring is 1. The van der Waals surface area contributed by atoms with Gasteiger partial charge in [-0.1, -0.05) is 11.1 Å². The van der Waals surface area contributed by atoms with Crippen LogP contribution in [0.4, 0.5) is 28.4 Å². The van der Waals surface area contributed by atoms with Crippen molar-refractivity contribution in [1.29, 1.82) is 0 Å². The Morgan fingerprint density at radius 2 is 1.48 bits per heavy atom. The van der Waals surface area contributed by atoms with Crippen molar-refractivity contribution < 1.29 is 60.6 Å². The fourth-order valence-corrected chi connectivity index (χ4v) is 6.16. The highest BCUT2D eigenvalue weighted by atomic mass is 32.2. The van der Waals surface area contributed by atoms with Crippen molar-refractivity contribution >= 4 is 82.3 Å². The van der Waals surface area contributed by atoms with Crippen LogP contribution < -0.4 is 10.5 Å². The van der Waals surface area contributed by atoms with E-state index < -0.39 is 48.5 Å². The number of nitrogens with two attached hydrogens (primary N) is 1. The minimum absolute atomic E-state index is 0.00487. The molecule has 1 atom stereocenters. The van der Waals surface area contributed by atoms with Crippen molar-refractivity contribution in [1.82, 2.24) is 0 Å². The number of hydrogen-bond donors (Lipinski definition) is 7. The number of phenolic OH excluding ortho intramolecular Hbond substituents is 1. The molecule has 0 amide bonds. The number of aliphatic hydroxyl groups is 2. The summed E-state index contributed by atoms with van der Waals surface area (Å²) in [5.74, 6) is -0.159. The molecule has 0 heterocycles. The monoisotopic (exact) mass is 747 g/mol. The SMILES string of the molecule is Nc1cc2c(O)c(/N=N/c3ccc(/N=N/c4ccc(OCC(O)CO)cc4)c4ccc(S(=O)(=O)O)cc34)c(SOOO)cc2cc1S(=O)(=O)O. The van der Waals surface area contributed by atoms with Gasteiger partial charge in [0, 0.05) is 16.2 Å². The number of fused-ring (bicyclic) bond motifs is 2. The zero-order valence-electron chi connectivity index (χ0n) is 25.1. The summed E-state index contributed by atoms with van der Waals surface area (Å²) in [5, 5.41) is 59.1. The number of benzene rings is 5. The number of aromatic hydroxyl groups is 1. The van der Waals surface area contributed by atoms with Gasteiger partial charge in [-0.05, 0) is 72.1 Å². The zero-order chi connectivity index (χ0) is 36.2. The molecule has 0 aliphatic carbocycles. The van der Waals surface area contributed by atoms with E-state index in [2.05, 4.69) is 29.8 Å². The molecule has 8 N–H and O–H groups in total. The lowest BCUT2D eigenvalue weighted by atomic mass is 10.1. The normalized spacial score (nSPS) is 13.1. The summed E-state index contributed by atoms with van der Waals surface area (Å²) in [7, 11) is -9.40. The van der Waals surface area contributed by atoms with Crippen LogP contribution in [0.5, 0.6) is 11.5 Å². The fraction of sp³-hybridized carbons (Fsp3) is 0.103. The van der Waals surface area contributed by atoms with E-state index in [0.29, 0.717) is 28.9 Å². The molecular formula is C29H25N5O13S3. The van der Waals surface area contributed by atoms with Crippen molar-refractivity contribution in [2.45, 2.75) is 20.8 Å². The molecular weight excluding hydrogens is 723 g/mol. The van der Waals surface area contributed by atoms with E-state index in [9.17, 15) is 36.2 Å². The number of nitrogens with zero attached hydrogens (tertiary/aromatic N) is 4. The van der Waals surface area contributed by atoms with Crippen LogP contribution in [0.2, 0.25) is 0 Å². The molecule has 5 rings (SSSR count). The van der Waals surface area contributed by atoms with Gasteiger partial charge in [0.15, 0.2) is 5.75 Å². The molecule has 50 heavy (non-hydrogen) atoms. The highest BCUT2D eigenvalue weighted by molar-refractivity contribution is 7.94. The van der Waals surface area contributed by atoms with Crippen LogP contribution in [0.3, 0.4) is 0 Å². The molecule has 0 spiro atoms. The second-order valence-electron chi connectivity index (χ2n) is 10.2. The maximum absolute atomic E-state index is 12.0. The molecule has 0 bridgehead atoms. The minimum Gasteiger partial charge on any atom is -0.505 e. The largest absolute Gasteiger partial charge is 0.505 e. The third-order valence-corrected chi connectivity index (χ3v) is 9.25. The molecule has 0 aliphatic heterocycles. The van der Waals surface area contributed by atoms with Gasteiger partial charge in [0.25, 0.3) is 20.2 Å². The van der Waals surface area contributed by atoms with Gasteiger partial charge in [0.2, 0.25) is 0 Å². The van der Waals surface area contributed by atoms with Crippen LogP contribution in [0.1, 0.15) is 0 Å². The lowest BCUT2D eigenvalue weighted by Crippen LogP contribution is -2.21. The quantitative estimate of drug-likeness (QED) is 0.0188. The van der Waals surface area contributed by atoms with Gasteiger partial charge >= 0.3 is 0 Å². The Labute approximate surface area is 286 Å². The number of hydrogen-bond acceptors (Lipinski definition) is 17. The standard InChI is InChI=1S/C29H25N5O13S3/c30-23-12-21-15(10-27(23)50(42,43)44)9-26(48-47-46-38)28(29(21)37)34-33-25-8-7-24(20-6-5-19(11-22(20)25)49(39,40)41)32-31-16-1-3-18(4-2-16)45-14-17(36)13-35/h1-12,17,35-38H,13-14,30H2,(H,39,40,41)(H,42,43,44)/b32-31+,34-33+. The zero-order valence-corrected chi connectivity index (χ0v) is 27.5. The van der Waals surface area contributed by atoms with Gasteiger partial charge in [0.1, 0.15) is 29.0 Å². The number of rotatable bonds is 13. The summed E-state index contributed by atoms with van der Waals surface area (Å²) in [6.07, 6.45) is -1.04. The predicted molar refractivity (Wildman–Crippen MR) is 178 cm³/mol. The van der Waals surface area contributed by atoms with Crippen LogP contribution >= 0.6 is 12.0 Å². The lowest BCUT2D eigenvalue weighted by molar-refractivity contribution is -0.432. The maximum Gasteiger partial charge on any atom is 0.296 e. The summed E-state index contributed by atoms with van der Waals surface area (Å²) in [5.41, 5.74) is 5.84. The summed E-state index contributed by atoms with van der Waals surface area (Å²) >= 11 is 0.353. The molecule has 0 saturated heterocycles. The number of azo groups is 2. The minimum atomic E-state index is -4.74. The van der Waals surface area contributed by atoms with Crippen molar-refractivity contribution in [2.75, 3.05) is 18.9 Å². The average molecular weight is 748 g/mol. The second-order valence-corrected chi connectivity index (χ2v) is 13.8. The van der Waals surface area contributed by atoms with Crippen molar-refractivity contribution in [3.05, 3.63) is 72.8 Å². The van der Waals surface area contributed by atoms with E-state index in [1.807, 2.05) is 0 Å². The van der Waals surface area contributed by atoms with Gasteiger partial charge in [0.05, 0.1) is 51.2 Å². The van der Waals surface area contributed by atoms with Crippen molar-refractivity contribution in [3.63, 3.8) is 0 Å². The lowest BCUT2D eigenvalue weighted by Gasteiger charge is -2.12. The van der Waals surface area contributed by atoms with Crippen molar-refractivity contribution in [3.8, 4) is 11.5 Å². The molecule has 1 unspecified atom stereocenters. The van der Waals surface area contributed by atoms with Crippen LogP contribution in [-0.2, 0) is 29.6 Å². The number of aliphatic hydroxyl groups excluding tert-OH is 2. The van der Waals surface area contributed by atoms with E-state index in [0.717, 1.165) is 24.3 Å². The Morgan fingerprint density at radius 3 is 2.12 bits per heavy atom. The van der Waals surface area contributed by atoms with Gasteiger partial charge in [-0.2, -0.15) is 21.9 Å². The smallest absolute Gasteiger partial charge is 0.296 e. The van der Waals surface area contributed by atoms with Crippen LogP contribution in [0.15, 0.2) is 108 Å². The first-order chi connectivity index (χ1) is 23.7. The average Bonchev–Trinajstić information content (AvgIpc) is 3.08. The summed E-state index contributed by atoms with van der Waals surface area (Å²) in [6, 6.07) is 16.2. The maximum atomic E-state index is 12.0. The van der Waals surface area contributed by atoms with Crippen LogP contribution in [-0.4, -0.2) is 65.8 Å². The van der Waals surface area contributed by atoms with E-state index in [1.165, 1.54) is 24.3 Å². The Hall–Kier alpha value is -4.81. The summed E-state index contributed by atoms with van der Waals surface area (Å²) < 4.78 is 76.6. The number of anilines is 1. The molecule has 0 saturated carbocycles. The van der Waals surface area contributed by atoms with E-state index in [4.69, 9.17) is 20.8 Å². The molecule has 0 aromatic heterocycles. The van der Waals surface area contributed by atoms with Gasteiger partial charge in [-0.15, -0.1) is 19.7 Å². The van der Waals surface area contributed by atoms with E-state index >= 15 is 0 Å². The van der Waals surface area contributed by atoms with Gasteiger partial charge in [-0.25, -0.2) is 5.26 Å². The Morgan fingerprint density at radius 1 is 0.800 bits per heavy atom. The molecule has 21 heteroatoms. The molecule has 5 aromatic carbocycles. The number of ether oxygens (including phenoxy) is 1. The van der Waals surface area contributed by atoms with Crippen molar-refractivity contribution in [2.24, 2.45) is 20.5 Å². The van der Waals surface area contributed by atoms with Crippen LogP contribution in [0, 0.1) is 0 Å². The molecule has 0 fully saturated rings. The fourth-order valence-electron chi connectivity index (χ4n) is 4.53. The first kappa shape index (κ1) is 36.5. The summed E-state index contributed by atoms with van der Waals surface area (Å²) in [4.78, 5) is -1.16. The third-order valence-electron chi connectivity index (χ3n) is 6.87. The molecule has 262 valence electrons. The van der Waals surface area contributed by atoms with E-state index in [-0.39, 0.29) is 50.4 Å². The Kier molecular flexibility index (Phi) is 10.9. The summed E-state index contributed by atoms with van der Waals surface area (Å²) in [6.45, 7) is -0.567. The Balaban J connectivity index is 1.57. The first-order valence-electron chi connectivity index (χ1n) is 13.8. The Bertz CT molecular complexity index is 2360. The molecule has 0 radical (unpaired) electrons. The topological polar surface area (TPSA) is 293 Å². The molecule has 18 nitrogen and oxygen atoms in total. The van der Waals surface area contributed by atoms with Gasteiger partial charge in [-0.3, -0.25) is 9.11 Å². The van der Waals surface area contributed by atoms with Crippen LogP contribution in [0.25, 0.3) is 21.5 Å². The molecule has 5 aromatic rings. The highest BCUT2D eigenvalue weighted by Crippen LogP contribution is 2.46. The number of phenols is 1. The first-order valence-corrected chi connectivity index (χ1v) is 17.4. The predicted octanol–water partition coefficient (Wildman–Crippen LogP) is 5.77. The molecule has 0 aliphatic rings. The highest BCUT2D eigenvalue weighted by Gasteiger charge is 2.21. The second kappa shape index (κ2) is 15.0. The van der Waals surface area contributed by atoms with Gasteiger partial charge < -0.3 is 25.8 Å². The van der Waals surface area contributed by atoms with E-state index in [1.54, 1.807) is 24.3 Å². The third kappa shape index (κ3) is 8.31.